The van der Waals surface area contributed by atoms with Crippen molar-refractivity contribution in [3.63, 3.8) is 0 Å². The van der Waals surface area contributed by atoms with Crippen molar-refractivity contribution in [2.75, 3.05) is 6.54 Å². The number of hydrogen-bond acceptors (Lipinski definition) is 2. The summed E-state index contributed by atoms with van der Waals surface area (Å²) >= 11 is 0. The van der Waals surface area contributed by atoms with Crippen molar-refractivity contribution < 1.29 is 4.39 Å². The van der Waals surface area contributed by atoms with Gasteiger partial charge in [0.25, 0.3) is 0 Å². The van der Waals surface area contributed by atoms with Crippen LogP contribution in [0.5, 0.6) is 0 Å². The maximum atomic E-state index is 12.4. The van der Waals surface area contributed by atoms with E-state index in [1.54, 1.807) is 12.1 Å². The molecule has 0 radical (unpaired) electrons. The van der Waals surface area contributed by atoms with E-state index in [0.717, 1.165) is 5.56 Å². The fourth-order valence-electron chi connectivity index (χ4n) is 0.846. The van der Waals surface area contributed by atoms with Gasteiger partial charge in [-0.25, -0.2) is 4.39 Å². The van der Waals surface area contributed by atoms with E-state index in [9.17, 15) is 4.39 Å². The maximum absolute atomic E-state index is 12.4. The standard InChI is InChI=1S/C8H11FN2/c9-7-3-1-6(2-4-7)8(11)5-10/h1-4,8H,5,10-11H2/t8-/m0/s1. The van der Waals surface area contributed by atoms with Crippen LogP contribution in [0.4, 0.5) is 4.39 Å². The molecule has 2 nitrogen and oxygen atoms in total. The predicted octanol–water partition coefficient (Wildman–Crippen LogP) is 0.784. The molecule has 3 heteroatoms. The van der Waals surface area contributed by atoms with Gasteiger partial charge in [-0.15, -0.1) is 0 Å². The molecule has 0 bridgehead atoms. The third-order valence-corrected chi connectivity index (χ3v) is 1.55. The molecule has 0 heterocycles. The molecule has 0 aliphatic heterocycles. The normalized spacial score (nSPS) is 13.0. The van der Waals surface area contributed by atoms with Gasteiger partial charge in [0.05, 0.1) is 0 Å². The first-order chi connectivity index (χ1) is 5.24. The van der Waals surface area contributed by atoms with E-state index in [0.29, 0.717) is 6.54 Å². The van der Waals surface area contributed by atoms with Crippen LogP contribution in [0.3, 0.4) is 0 Å². The molecule has 0 aliphatic carbocycles. The summed E-state index contributed by atoms with van der Waals surface area (Å²) in [5, 5.41) is 0. The van der Waals surface area contributed by atoms with Gasteiger partial charge in [0.1, 0.15) is 5.82 Å². The second-order valence-electron chi connectivity index (χ2n) is 2.39. The topological polar surface area (TPSA) is 52.0 Å². The zero-order chi connectivity index (χ0) is 8.27. The third-order valence-electron chi connectivity index (χ3n) is 1.55. The first-order valence-corrected chi connectivity index (χ1v) is 3.45. The van der Waals surface area contributed by atoms with Crippen molar-refractivity contribution in [1.82, 2.24) is 0 Å². The summed E-state index contributed by atoms with van der Waals surface area (Å²) in [5.41, 5.74) is 11.8. The quantitative estimate of drug-likeness (QED) is 0.661. The number of nitrogens with two attached hydrogens (primary N) is 2. The Balaban J connectivity index is 2.81. The molecule has 1 aromatic carbocycles. The van der Waals surface area contributed by atoms with Crippen molar-refractivity contribution in [2.24, 2.45) is 11.5 Å². The summed E-state index contributed by atoms with van der Waals surface area (Å²) in [6.07, 6.45) is 0. The van der Waals surface area contributed by atoms with E-state index in [2.05, 4.69) is 0 Å². The van der Waals surface area contributed by atoms with Gasteiger partial charge in [0.15, 0.2) is 0 Å². The predicted molar refractivity (Wildman–Crippen MR) is 42.4 cm³/mol. The molecular formula is C8H11FN2. The average molecular weight is 154 g/mol. The lowest BCUT2D eigenvalue weighted by Gasteiger charge is -2.07. The molecule has 0 saturated heterocycles. The second-order valence-corrected chi connectivity index (χ2v) is 2.39. The minimum Gasteiger partial charge on any atom is -0.329 e. The van der Waals surface area contributed by atoms with E-state index in [-0.39, 0.29) is 11.9 Å². The Kier molecular flexibility index (Phi) is 2.57. The molecule has 1 aromatic rings. The van der Waals surface area contributed by atoms with Gasteiger partial charge in [0, 0.05) is 12.6 Å². The smallest absolute Gasteiger partial charge is 0.123 e. The molecule has 11 heavy (non-hydrogen) atoms. The van der Waals surface area contributed by atoms with Gasteiger partial charge in [-0.2, -0.15) is 0 Å². The molecule has 0 aliphatic rings. The zero-order valence-electron chi connectivity index (χ0n) is 6.13. The van der Waals surface area contributed by atoms with Gasteiger partial charge in [-0.3, -0.25) is 0 Å². The lowest BCUT2D eigenvalue weighted by Crippen LogP contribution is -2.20. The molecular weight excluding hydrogens is 143 g/mol. The Hall–Kier alpha value is -0.930. The van der Waals surface area contributed by atoms with Crippen LogP contribution in [-0.2, 0) is 0 Å². The lowest BCUT2D eigenvalue weighted by atomic mass is 10.1. The summed E-state index contributed by atoms with van der Waals surface area (Å²) < 4.78 is 12.4. The van der Waals surface area contributed by atoms with Gasteiger partial charge in [-0.1, -0.05) is 12.1 Å². The highest BCUT2D eigenvalue weighted by Gasteiger charge is 2.01. The van der Waals surface area contributed by atoms with Crippen LogP contribution in [0.2, 0.25) is 0 Å². The first kappa shape index (κ1) is 8.17. The number of benzene rings is 1. The number of hydrogen-bond donors (Lipinski definition) is 2. The van der Waals surface area contributed by atoms with Crippen molar-refractivity contribution in [3.05, 3.63) is 35.6 Å². The second kappa shape index (κ2) is 3.46. The van der Waals surface area contributed by atoms with Crippen molar-refractivity contribution in [3.8, 4) is 0 Å². The number of rotatable bonds is 2. The largest absolute Gasteiger partial charge is 0.329 e. The van der Waals surface area contributed by atoms with Crippen molar-refractivity contribution >= 4 is 0 Å². The molecule has 1 rings (SSSR count). The molecule has 0 fully saturated rings. The molecule has 0 amide bonds. The van der Waals surface area contributed by atoms with E-state index in [1.165, 1.54) is 12.1 Å². The van der Waals surface area contributed by atoms with E-state index >= 15 is 0 Å². The fraction of sp³-hybridized carbons (Fsp3) is 0.250. The Morgan fingerprint density at radius 2 is 1.82 bits per heavy atom. The average Bonchev–Trinajstić information content (AvgIpc) is 2.05. The van der Waals surface area contributed by atoms with Crippen LogP contribution in [0.1, 0.15) is 11.6 Å². The van der Waals surface area contributed by atoms with Crippen LogP contribution >= 0.6 is 0 Å². The minimum atomic E-state index is -0.252. The number of halogens is 1. The van der Waals surface area contributed by atoms with E-state index in [4.69, 9.17) is 11.5 Å². The van der Waals surface area contributed by atoms with E-state index < -0.39 is 0 Å². The highest BCUT2D eigenvalue weighted by atomic mass is 19.1. The van der Waals surface area contributed by atoms with Crippen LogP contribution in [0.25, 0.3) is 0 Å². The Bertz CT molecular complexity index is 220. The van der Waals surface area contributed by atoms with Gasteiger partial charge < -0.3 is 11.5 Å². The summed E-state index contributed by atoms with van der Waals surface area (Å²) in [6, 6.07) is 5.87. The van der Waals surface area contributed by atoms with Gasteiger partial charge in [0.2, 0.25) is 0 Å². The van der Waals surface area contributed by atoms with Crippen molar-refractivity contribution in [1.29, 1.82) is 0 Å². The molecule has 0 aromatic heterocycles. The Morgan fingerprint density at radius 1 is 1.27 bits per heavy atom. The highest BCUT2D eigenvalue weighted by Crippen LogP contribution is 2.08. The summed E-state index contributed by atoms with van der Waals surface area (Å²) in [7, 11) is 0. The molecule has 60 valence electrons. The summed E-state index contributed by atoms with van der Waals surface area (Å²) in [4.78, 5) is 0. The van der Waals surface area contributed by atoms with Crippen LogP contribution < -0.4 is 11.5 Å². The maximum Gasteiger partial charge on any atom is 0.123 e. The van der Waals surface area contributed by atoms with Crippen LogP contribution in [0, 0.1) is 5.82 Å². The monoisotopic (exact) mass is 154 g/mol. The molecule has 4 N–H and O–H groups in total. The summed E-state index contributed by atoms with van der Waals surface area (Å²) in [6.45, 7) is 0.381. The molecule has 0 saturated carbocycles. The molecule has 0 unspecified atom stereocenters. The van der Waals surface area contributed by atoms with Crippen LogP contribution in [-0.4, -0.2) is 6.54 Å². The zero-order valence-corrected chi connectivity index (χ0v) is 6.13. The minimum absolute atomic E-state index is 0.185. The van der Waals surface area contributed by atoms with Crippen LogP contribution in [0.15, 0.2) is 24.3 Å². The SMILES string of the molecule is NC[C@H](N)c1ccc(F)cc1. The Morgan fingerprint density at radius 3 is 2.27 bits per heavy atom. The lowest BCUT2D eigenvalue weighted by molar-refractivity contribution is 0.625. The van der Waals surface area contributed by atoms with Gasteiger partial charge >= 0.3 is 0 Å². The van der Waals surface area contributed by atoms with Gasteiger partial charge in [-0.05, 0) is 17.7 Å². The third kappa shape index (κ3) is 2.00. The fourth-order valence-corrected chi connectivity index (χ4v) is 0.846. The first-order valence-electron chi connectivity index (χ1n) is 3.45. The molecule has 0 spiro atoms. The van der Waals surface area contributed by atoms with E-state index in [1.807, 2.05) is 0 Å². The molecule has 1 atom stereocenters. The summed E-state index contributed by atoms with van der Waals surface area (Å²) in [5.74, 6) is -0.252. The van der Waals surface area contributed by atoms with Crippen molar-refractivity contribution in [2.45, 2.75) is 6.04 Å². The highest BCUT2D eigenvalue weighted by molar-refractivity contribution is 5.19. The Labute approximate surface area is 65.0 Å².